The number of nitrogens with two attached hydrogens (primary N) is 1. The second kappa shape index (κ2) is 5.37. The van der Waals surface area contributed by atoms with Gasteiger partial charge in [-0.3, -0.25) is 9.78 Å². The van der Waals surface area contributed by atoms with E-state index in [2.05, 4.69) is 20.9 Å². The molecule has 1 atom stereocenters. The van der Waals surface area contributed by atoms with E-state index in [9.17, 15) is 4.79 Å². The number of nitrogens with zero attached hydrogens (tertiary/aromatic N) is 1. The third-order valence-electron chi connectivity index (χ3n) is 2.23. The summed E-state index contributed by atoms with van der Waals surface area (Å²) in [5, 5.41) is 0. The average Bonchev–Trinajstić information content (AvgIpc) is 2.16. The summed E-state index contributed by atoms with van der Waals surface area (Å²) in [7, 11) is 0. The molecule has 0 aliphatic heterocycles. The van der Waals surface area contributed by atoms with Gasteiger partial charge in [-0.05, 0) is 33.5 Å². The van der Waals surface area contributed by atoms with Crippen molar-refractivity contribution in [2.24, 2.45) is 11.7 Å². The summed E-state index contributed by atoms with van der Waals surface area (Å²) in [4.78, 5) is 15.7. The van der Waals surface area contributed by atoms with Crippen molar-refractivity contribution in [1.29, 1.82) is 0 Å². The molecule has 1 unspecified atom stereocenters. The van der Waals surface area contributed by atoms with Crippen molar-refractivity contribution < 1.29 is 4.79 Å². The number of ketones is 1. The zero-order chi connectivity index (χ0) is 11.4. The van der Waals surface area contributed by atoms with Crippen LogP contribution in [0.2, 0.25) is 0 Å². The van der Waals surface area contributed by atoms with Crippen LogP contribution in [0.25, 0.3) is 0 Å². The maximum atomic E-state index is 11.7. The number of carbonyl (C=O) groups is 1. The normalized spacial score (nSPS) is 12.9. The molecule has 0 saturated heterocycles. The molecule has 1 aromatic rings. The highest BCUT2D eigenvalue weighted by Crippen LogP contribution is 2.11. The second-order valence-corrected chi connectivity index (χ2v) is 4.84. The van der Waals surface area contributed by atoms with Crippen LogP contribution in [0.15, 0.2) is 22.9 Å². The van der Waals surface area contributed by atoms with Crippen molar-refractivity contribution in [1.82, 2.24) is 4.98 Å². The van der Waals surface area contributed by atoms with Crippen LogP contribution in [-0.2, 0) is 11.2 Å². The summed E-state index contributed by atoms with van der Waals surface area (Å²) >= 11 is 3.31. The van der Waals surface area contributed by atoms with Gasteiger partial charge in [-0.2, -0.15) is 0 Å². The molecule has 0 spiro atoms. The van der Waals surface area contributed by atoms with Gasteiger partial charge in [0.25, 0.3) is 0 Å². The van der Waals surface area contributed by atoms with E-state index in [1.807, 2.05) is 19.9 Å². The van der Waals surface area contributed by atoms with Gasteiger partial charge in [0.15, 0.2) is 5.78 Å². The highest BCUT2D eigenvalue weighted by Gasteiger charge is 2.17. The molecule has 0 aliphatic carbocycles. The van der Waals surface area contributed by atoms with Gasteiger partial charge >= 0.3 is 0 Å². The number of hydrogen-bond acceptors (Lipinski definition) is 3. The summed E-state index contributed by atoms with van der Waals surface area (Å²) in [6.07, 6.45) is 3.73. The third kappa shape index (κ3) is 3.72. The van der Waals surface area contributed by atoms with E-state index >= 15 is 0 Å². The number of aromatic nitrogens is 1. The van der Waals surface area contributed by atoms with Crippen molar-refractivity contribution >= 4 is 21.7 Å². The second-order valence-electron chi connectivity index (χ2n) is 3.92. The molecule has 0 aromatic carbocycles. The number of rotatable bonds is 4. The minimum absolute atomic E-state index is 0.0601. The largest absolute Gasteiger partial charge is 0.321 e. The van der Waals surface area contributed by atoms with Crippen molar-refractivity contribution in [3.8, 4) is 0 Å². The SMILES string of the molecule is CC(C)C(N)C(=O)Cc1cncc(Br)c1. The maximum absolute atomic E-state index is 11.7. The maximum Gasteiger partial charge on any atom is 0.154 e. The van der Waals surface area contributed by atoms with Gasteiger partial charge in [0.1, 0.15) is 0 Å². The lowest BCUT2D eigenvalue weighted by Gasteiger charge is -2.13. The molecule has 1 aromatic heterocycles. The minimum Gasteiger partial charge on any atom is -0.321 e. The van der Waals surface area contributed by atoms with E-state index in [0.717, 1.165) is 10.0 Å². The fourth-order valence-electron chi connectivity index (χ4n) is 1.24. The van der Waals surface area contributed by atoms with Crippen LogP contribution in [-0.4, -0.2) is 16.8 Å². The molecular weight excluding hydrogens is 256 g/mol. The highest BCUT2D eigenvalue weighted by molar-refractivity contribution is 9.10. The van der Waals surface area contributed by atoms with Crippen molar-refractivity contribution in [3.63, 3.8) is 0 Å². The smallest absolute Gasteiger partial charge is 0.154 e. The number of carbonyl (C=O) groups excluding carboxylic acids is 1. The minimum atomic E-state index is -0.385. The zero-order valence-corrected chi connectivity index (χ0v) is 10.5. The van der Waals surface area contributed by atoms with E-state index in [4.69, 9.17) is 5.73 Å². The summed E-state index contributed by atoms with van der Waals surface area (Å²) in [5.41, 5.74) is 6.66. The quantitative estimate of drug-likeness (QED) is 0.910. The Labute approximate surface area is 98.2 Å². The predicted molar refractivity (Wildman–Crippen MR) is 63.5 cm³/mol. The molecule has 0 bridgehead atoms. The molecule has 0 amide bonds. The summed E-state index contributed by atoms with van der Waals surface area (Å²) < 4.78 is 0.880. The zero-order valence-electron chi connectivity index (χ0n) is 8.90. The molecule has 2 N–H and O–H groups in total. The van der Waals surface area contributed by atoms with Crippen molar-refractivity contribution in [2.45, 2.75) is 26.3 Å². The first-order valence-corrected chi connectivity index (χ1v) is 5.67. The Kier molecular flexibility index (Phi) is 4.42. The average molecular weight is 271 g/mol. The highest BCUT2D eigenvalue weighted by atomic mass is 79.9. The van der Waals surface area contributed by atoms with Gasteiger partial charge in [-0.25, -0.2) is 0 Å². The number of halogens is 1. The van der Waals surface area contributed by atoms with Crippen LogP contribution in [0, 0.1) is 5.92 Å². The van der Waals surface area contributed by atoms with Crippen molar-refractivity contribution in [3.05, 3.63) is 28.5 Å². The number of hydrogen-bond donors (Lipinski definition) is 1. The lowest BCUT2D eigenvalue weighted by atomic mass is 9.97. The molecule has 1 rings (SSSR count). The Morgan fingerprint density at radius 2 is 2.20 bits per heavy atom. The Morgan fingerprint density at radius 3 is 2.73 bits per heavy atom. The molecule has 0 saturated carbocycles. The lowest BCUT2D eigenvalue weighted by Crippen LogP contribution is -2.36. The Morgan fingerprint density at radius 1 is 1.53 bits per heavy atom. The predicted octanol–water partition coefficient (Wildman–Crippen LogP) is 1.94. The van der Waals surface area contributed by atoms with Crippen LogP contribution in [0.3, 0.4) is 0 Å². The van der Waals surface area contributed by atoms with E-state index in [1.165, 1.54) is 0 Å². The first-order valence-electron chi connectivity index (χ1n) is 4.88. The molecule has 3 nitrogen and oxygen atoms in total. The lowest BCUT2D eigenvalue weighted by molar-refractivity contribution is -0.120. The molecule has 1 heterocycles. The molecule has 0 aliphatic rings. The van der Waals surface area contributed by atoms with E-state index in [0.29, 0.717) is 6.42 Å². The molecule has 15 heavy (non-hydrogen) atoms. The molecule has 0 fully saturated rings. The van der Waals surface area contributed by atoms with Crippen LogP contribution >= 0.6 is 15.9 Å². The van der Waals surface area contributed by atoms with E-state index in [1.54, 1.807) is 12.4 Å². The third-order valence-corrected chi connectivity index (χ3v) is 2.66. The van der Waals surface area contributed by atoms with Crippen LogP contribution in [0.5, 0.6) is 0 Å². The molecule has 82 valence electrons. The van der Waals surface area contributed by atoms with Gasteiger partial charge in [0.2, 0.25) is 0 Å². The summed E-state index contributed by atoms with van der Waals surface area (Å²) in [6.45, 7) is 3.89. The van der Waals surface area contributed by atoms with Gasteiger partial charge in [-0.1, -0.05) is 13.8 Å². The Balaban J connectivity index is 2.66. The number of Topliss-reactive ketones (excluding diaryl/α,β-unsaturated/α-hetero) is 1. The summed E-state index contributed by atoms with van der Waals surface area (Å²) in [6, 6.07) is 1.50. The van der Waals surface area contributed by atoms with Crippen LogP contribution in [0.4, 0.5) is 0 Å². The summed E-state index contributed by atoms with van der Waals surface area (Å²) in [5.74, 6) is 0.238. The fourth-order valence-corrected chi connectivity index (χ4v) is 1.66. The fraction of sp³-hybridized carbons (Fsp3) is 0.455. The Bertz CT molecular complexity index is 352. The Hall–Kier alpha value is -0.740. The first kappa shape index (κ1) is 12.3. The number of pyridine rings is 1. The van der Waals surface area contributed by atoms with E-state index in [-0.39, 0.29) is 17.7 Å². The van der Waals surface area contributed by atoms with Gasteiger partial charge in [0, 0.05) is 23.3 Å². The van der Waals surface area contributed by atoms with Crippen molar-refractivity contribution in [2.75, 3.05) is 0 Å². The van der Waals surface area contributed by atoms with E-state index < -0.39 is 0 Å². The topological polar surface area (TPSA) is 56.0 Å². The van der Waals surface area contributed by atoms with Crippen LogP contribution < -0.4 is 5.73 Å². The van der Waals surface area contributed by atoms with Crippen LogP contribution in [0.1, 0.15) is 19.4 Å². The molecule has 0 radical (unpaired) electrons. The first-order chi connectivity index (χ1) is 7.00. The van der Waals surface area contributed by atoms with Gasteiger partial charge in [0.05, 0.1) is 6.04 Å². The molecule has 4 heteroatoms. The standard InChI is InChI=1S/C11H15BrN2O/c1-7(2)11(13)10(15)4-8-3-9(12)6-14-5-8/h3,5-7,11H,4,13H2,1-2H3. The molecular formula is C11H15BrN2O. The van der Waals surface area contributed by atoms with Gasteiger partial charge < -0.3 is 5.73 Å². The van der Waals surface area contributed by atoms with Gasteiger partial charge in [-0.15, -0.1) is 0 Å². The monoisotopic (exact) mass is 270 g/mol.